The minimum Gasteiger partial charge on any atom is -0.451 e. The molecule has 0 saturated carbocycles. The van der Waals surface area contributed by atoms with E-state index in [1.807, 2.05) is 19.1 Å². The number of benzene rings is 1. The number of rotatable bonds is 7. The Labute approximate surface area is 154 Å². The predicted octanol–water partition coefficient (Wildman–Crippen LogP) is 3.02. The van der Waals surface area contributed by atoms with Crippen LogP contribution in [0.2, 0.25) is 0 Å². The van der Waals surface area contributed by atoms with Crippen LogP contribution >= 0.6 is 0 Å². The molecule has 0 aliphatic heterocycles. The van der Waals surface area contributed by atoms with Crippen LogP contribution in [0.1, 0.15) is 54.1 Å². The van der Waals surface area contributed by atoms with Gasteiger partial charge >= 0.3 is 5.97 Å². The minimum atomic E-state index is -0.668. The van der Waals surface area contributed by atoms with E-state index in [1.54, 1.807) is 6.92 Å². The van der Waals surface area contributed by atoms with Gasteiger partial charge in [-0.25, -0.2) is 9.78 Å². The summed E-state index contributed by atoms with van der Waals surface area (Å²) < 4.78 is 4.98. The molecule has 0 fully saturated rings. The topological polar surface area (TPSA) is 81.2 Å². The van der Waals surface area contributed by atoms with Gasteiger partial charge in [0.2, 0.25) is 0 Å². The van der Waals surface area contributed by atoms with Crippen molar-refractivity contribution in [3.63, 3.8) is 0 Å². The van der Waals surface area contributed by atoms with Crippen LogP contribution in [0.3, 0.4) is 0 Å². The molecular formula is C20H25N3O3. The maximum atomic E-state index is 12.0. The summed E-state index contributed by atoms with van der Waals surface area (Å²) in [6, 6.07) is 8.00. The van der Waals surface area contributed by atoms with Crippen molar-refractivity contribution < 1.29 is 14.3 Å². The van der Waals surface area contributed by atoms with Crippen molar-refractivity contribution in [1.82, 2.24) is 15.3 Å². The zero-order valence-electron chi connectivity index (χ0n) is 15.7. The Morgan fingerprint density at radius 3 is 2.35 bits per heavy atom. The fraction of sp³-hybridized carbons (Fsp3) is 0.400. The van der Waals surface area contributed by atoms with Gasteiger partial charge in [0.25, 0.3) is 5.91 Å². The van der Waals surface area contributed by atoms with Crippen LogP contribution in [0.25, 0.3) is 0 Å². The second kappa shape index (κ2) is 9.08. The van der Waals surface area contributed by atoms with Crippen LogP contribution < -0.4 is 5.32 Å². The Hall–Kier alpha value is -2.76. The highest BCUT2D eigenvalue weighted by Crippen LogP contribution is 2.15. The van der Waals surface area contributed by atoms with E-state index in [4.69, 9.17) is 4.74 Å². The number of carbonyl (C=O) groups is 2. The lowest BCUT2D eigenvalue weighted by Gasteiger charge is -2.15. The molecule has 6 nitrogen and oxygen atoms in total. The highest BCUT2D eigenvalue weighted by atomic mass is 16.5. The number of esters is 1. The van der Waals surface area contributed by atoms with Gasteiger partial charge in [-0.05, 0) is 37.3 Å². The fourth-order valence-corrected chi connectivity index (χ4v) is 2.48. The van der Waals surface area contributed by atoms with Gasteiger partial charge in [0, 0.05) is 6.20 Å². The standard InChI is InChI=1S/C20H25N3O3/c1-13(2)9-16-5-7-17(8-6-16)15(4)23-19(24)12-26-20(25)18-11-21-14(3)10-22-18/h5-8,10-11,13,15H,9,12H2,1-4H3,(H,23,24)/t15-/m0/s1. The SMILES string of the molecule is Cc1cnc(C(=O)OCC(=O)N[C@@H](C)c2ccc(CC(C)C)cc2)cn1. The number of nitrogens with zero attached hydrogens (tertiary/aromatic N) is 2. The summed E-state index contributed by atoms with van der Waals surface area (Å²) in [5.41, 5.74) is 3.06. The summed E-state index contributed by atoms with van der Waals surface area (Å²) in [6.45, 7) is 7.67. The van der Waals surface area contributed by atoms with Crippen LogP contribution in [0.15, 0.2) is 36.7 Å². The Morgan fingerprint density at radius 2 is 1.77 bits per heavy atom. The molecule has 2 rings (SSSR count). The third-order valence-electron chi connectivity index (χ3n) is 3.83. The van der Waals surface area contributed by atoms with Gasteiger partial charge in [-0.1, -0.05) is 38.1 Å². The first-order valence-corrected chi connectivity index (χ1v) is 8.69. The number of nitrogens with one attached hydrogen (secondary N) is 1. The molecule has 0 saturated heterocycles. The van der Waals surface area contributed by atoms with Crippen molar-refractivity contribution in [2.45, 2.75) is 40.2 Å². The molecule has 0 aliphatic carbocycles. The lowest BCUT2D eigenvalue weighted by molar-refractivity contribution is -0.124. The first-order valence-electron chi connectivity index (χ1n) is 8.69. The highest BCUT2D eigenvalue weighted by molar-refractivity contribution is 5.89. The van der Waals surface area contributed by atoms with Crippen LogP contribution in [0.5, 0.6) is 0 Å². The summed E-state index contributed by atoms with van der Waals surface area (Å²) in [6.07, 6.45) is 3.83. The van der Waals surface area contributed by atoms with E-state index in [1.165, 1.54) is 18.0 Å². The molecule has 0 spiro atoms. The molecule has 2 aromatic rings. The van der Waals surface area contributed by atoms with E-state index in [-0.39, 0.29) is 24.2 Å². The van der Waals surface area contributed by atoms with Crippen molar-refractivity contribution in [2.75, 3.05) is 6.61 Å². The molecule has 1 atom stereocenters. The molecule has 0 unspecified atom stereocenters. The van der Waals surface area contributed by atoms with Crippen LogP contribution in [-0.4, -0.2) is 28.5 Å². The average molecular weight is 355 g/mol. The zero-order chi connectivity index (χ0) is 19.1. The molecule has 1 aromatic carbocycles. The summed E-state index contributed by atoms with van der Waals surface area (Å²) in [4.78, 5) is 31.7. The number of aryl methyl sites for hydroxylation is 1. The smallest absolute Gasteiger partial charge is 0.359 e. The summed E-state index contributed by atoms with van der Waals surface area (Å²) in [5.74, 6) is -0.429. The van der Waals surface area contributed by atoms with Gasteiger partial charge in [0.05, 0.1) is 17.9 Å². The van der Waals surface area contributed by atoms with E-state index in [2.05, 4.69) is 41.3 Å². The van der Waals surface area contributed by atoms with Gasteiger partial charge in [-0.15, -0.1) is 0 Å². The lowest BCUT2D eigenvalue weighted by Crippen LogP contribution is -2.31. The van der Waals surface area contributed by atoms with Gasteiger partial charge in [0.1, 0.15) is 0 Å². The Bertz CT molecular complexity index is 740. The average Bonchev–Trinajstić information content (AvgIpc) is 2.60. The van der Waals surface area contributed by atoms with Crippen molar-refractivity contribution in [1.29, 1.82) is 0 Å². The van der Waals surface area contributed by atoms with E-state index in [0.717, 1.165) is 12.0 Å². The number of ether oxygens (including phenoxy) is 1. The lowest BCUT2D eigenvalue weighted by atomic mass is 10.00. The molecule has 1 heterocycles. The van der Waals surface area contributed by atoms with E-state index < -0.39 is 5.97 Å². The molecule has 1 N–H and O–H groups in total. The van der Waals surface area contributed by atoms with E-state index in [0.29, 0.717) is 11.6 Å². The zero-order valence-corrected chi connectivity index (χ0v) is 15.7. The summed E-state index contributed by atoms with van der Waals surface area (Å²) >= 11 is 0. The van der Waals surface area contributed by atoms with Crippen molar-refractivity contribution in [2.24, 2.45) is 5.92 Å². The largest absolute Gasteiger partial charge is 0.451 e. The number of hydrogen-bond acceptors (Lipinski definition) is 5. The van der Waals surface area contributed by atoms with Gasteiger partial charge in [-0.3, -0.25) is 9.78 Å². The quantitative estimate of drug-likeness (QED) is 0.772. The Kier molecular flexibility index (Phi) is 6.83. The molecule has 1 aromatic heterocycles. The van der Waals surface area contributed by atoms with Crippen molar-refractivity contribution >= 4 is 11.9 Å². The summed E-state index contributed by atoms with van der Waals surface area (Å²) in [7, 11) is 0. The van der Waals surface area contributed by atoms with Crippen LogP contribution in [0, 0.1) is 12.8 Å². The van der Waals surface area contributed by atoms with Crippen molar-refractivity contribution in [3.8, 4) is 0 Å². The van der Waals surface area contributed by atoms with E-state index in [9.17, 15) is 9.59 Å². The monoisotopic (exact) mass is 355 g/mol. The second-order valence-electron chi connectivity index (χ2n) is 6.75. The Balaban J connectivity index is 1.83. The Morgan fingerprint density at radius 1 is 1.08 bits per heavy atom. The molecule has 0 radical (unpaired) electrons. The third kappa shape index (κ3) is 5.95. The van der Waals surface area contributed by atoms with Gasteiger partial charge < -0.3 is 10.1 Å². The molecule has 6 heteroatoms. The third-order valence-corrected chi connectivity index (χ3v) is 3.83. The minimum absolute atomic E-state index is 0.0807. The molecule has 1 amide bonds. The second-order valence-corrected chi connectivity index (χ2v) is 6.75. The van der Waals surface area contributed by atoms with E-state index >= 15 is 0 Å². The number of aromatic nitrogens is 2. The fourth-order valence-electron chi connectivity index (χ4n) is 2.48. The normalized spacial score (nSPS) is 11.9. The maximum Gasteiger partial charge on any atom is 0.359 e. The number of hydrogen-bond donors (Lipinski definition) is 1. The molecular weight excluding hydrogens is 330 g/mol. The van der Waals surface area contributed by atoms with Gasteiger partial charge in [0.15, 0.2) is 12.3 Å². The number of carbonyl (C=O) groups excluding carboxylic acids is 2. The maximum absolute atomic E-state index is 12.0. The first kappa shape index (κ1) is 19.6. The molecule has 0 aliphatic rings. The molecule has 26 heavy (non-hydrogen) atoms. The van der Waals surface area contributed by atoms with Crippen LogP contribution in [-0.2, 0) is 16.0 Å². The summed E-state index contributed by atoms with van der Waals surface area (Å²) in [5, 5.41) is 2.82. The first-order chi connectivity index (χ1) is 12.3. The predicted molar refractivity (Wildman–Crippen MR) is 98.6 cm³/mol. The highest BCUT2D eigenvalue weighted by Gasteiger charge is 2.14. The molecule has 0 bridgehead atoms. The van der Waals surface area contributed by atoms with Crippen molar-refractivity contribution in [3.05, 3.63) is 59.2 Å². The van der Waals surface area contributed by atoms with Crippen LogP contribution in [0.4, 0.5) is 0 Å². The molecule has 138 valence electrons. The van der Waals surface area contributed by atoms with Gasteiger partial charge in [-0.2, -0.15) is 0 Å². The number of amides is 1.